The highest BCUT2D eigenvalue weighted by molar-refractivity contribution is 7.89. The van der Waals surface area contributed by atoms with E-state index in [4.69, 9.17) is 5.11 Å². The van der Waals surface area contributed by atoms with E-state index in [2.05, 4.69) is 0 Å². The van der Waals surface area contributed by atoms with Crippen LogP contribution in [0.4, 0.5) is 0 Å². The summed E-state index contributed by atoms with van der Waals surface area (Å²) in [5, 5.41) is 10.5. The van der Waals surface area contributed by atoms with Crippen LogP contribution in [0.5, 0.6) is 0 Å². The molecule has 18 heavy (non-hydrogen) atoms. The van der Waals surface area contributed by atoms with Crippen molar-refractivity contribution < 1.29 is 18.3 Å². The second-order valence-electron chi connectivity index (χ2n) is 4.24. The normalized spacial score (nSPS) is 21.3. The summed E-state index contributed by atoms with van der Waals surface area (Å²) in [6, 6.07) is 1.38. The highest BCUT2D eigenvalue weighted by Crippen LogP contribution is 2.31. The SMILES string of the molecule is CCC1CCCN1S(=O)(=O)c1ccsc1C(=O)O. The third kappa shape index (κ3) is 2.17. The number of carboxylic acid groups (broad SMARTS) is 1. The van der Waals surface area contributed by atoms with Crippen LogP contribution in [0, 0.1) is 0 Å². The van der Waals surface area contributed by atoms with Crippen molar-refractivity contribution in [1.82, 2.24) is 4.31 Å². The van der Waals surface area contributed by atoms with E-state index in [1.165, 1.54) is 15.8 Å². The Morgan fingerprint density at radius 1 is 1.61 bits per heavy atom. The highest BCUT2D eigenvalue weighted by atomic mass is 32.2. The largest absolute Gasteiger partial charge is 0.477 e. The molecule has 0 radical (unpaired) electrons. The number of rotatable bonds is 4. The summed E-state index contributed by atoms with van der Waals surface area (Å²) < 4.78 is 26.4. The minimum absolute atomic E-state index is 0.00320. The van der Waals surface area contributed by atoms with Crippen LogP contribution in [-0.4, -0.2) is 36.4 Å². The third-order valence-electron chi connectivity index (χ3n) is 3.20. The van der Waals surface area contributed by atoms with Crippen molar-refractivity contribution >= 4 is 27.3 Å². The summed E-state index contributed by atoms with van der Waals surface area (Å²) in [5.41, 5.74) is 0. The summed E-state index contributed by atoms with van der Waals surface area (Å²) in [4.78, 5) is 10.9. The number of sulfonamides is 1. The van der Waals surface area contributed by atoms with Crippen LogP contribution in [0.2, 0.25) is 0 Å². The van der Waals surface area contributed by atoms with Crippen molar-refractivity contribution in [2.24, 2.45) is 0 Å². The second-order valence-corrected chi connectivity index (χ2v) is 7.01. The molecule has 1 fully saturated rings. The number of nitrogens with zero attached hydrogens (tertiary/aromatic N) is 1. The van der Waals surface area contributed by atoms with Gasteiger partial charge in [-0.15, -0.1) is 11.3 Å². The van der Waals surface area contributed by atoms with Gasteiger partial charge in [-0.1, -0.05) is 6.92 Å². The Kier molecular flexibility index (Phi) is 3.74. The lowest BCUT2D eigenvalue weighted by Gasteiger charge is -2.22. The maximum atomic E-state index is 12.5. The minimum Gasteiger partial charge on any atom is -0.477 e. The molecule has 1 aromatic heterocycles. The van der Waals surface area contributed by atoms with Crippen LogP contribution < -0.4 is 0 Å². The van der Waals surface area contributed by atoms with Crippen LogP contribution in [0.1, 0.15) is 35.9 Å². The van der Waals surface area contributed by atoms with Gasteiger partial charge in [0.1, 0.15) is 9.77 Å². The van der Waals surface area contributed by atoms with E-state index in [1.807, 2.05) is 6.92 Å². The average Bonchev–Trinajstić information content (AvgIpc) is 2.98. The number of carbonyl (C=O) groups is 1. The molecule has 1 aliphatic rings. The van der Waals surface area contributed by atoms with Gasteiger partial charge in [0.05, 0.1) is 0 Å². The number of hydrogen-bond donors (Lipinski definition) is 1. The van der Waals surface area contributed by atoms with Gasteiger partial charge >= 0.3 is 5.97 Å². The fraction of sp³-hybridized carbons (Fsp3) is 0.545. The Labute approximate surface area is 110 Å². The van der Waals surface area contributed by atoms with Gasteiger partial charge in [-0.2, -0.15) is 4.31 Å². The Bertz CT molecular complexity index is 549. The Hall–Kier alpha value is -0.920. The molecule has 1 aromatic rings. The monoisotopic (exact) mass is 289 g/mol. The minimum atomic E-state index is -3.67. The lowest BCUT2D eigenvalue weighted by molar-refractivity contribution is 0.0698. The molecule has 1 unspecified atom stereocenters. The van der Waals surface area contributed by atoms with Crippen molar-refractivity contribution in [3.63, 3.8) is 0 Å². The van der Waals surface area contributed by atoms with Crippen molar-refractivity contribution in [3.8, 4) is 0 Å². The fourth-order valence-electron chi connectivity index (χ4n) is 2.32. The highest BCUT2D eigenvalue weighted by Gasteiger charge is 2.36. The number of thiophene rings is 1. The summed E-state index contributed by atoms with van der Waals surface area (Å²) in [7, 11) is -3.67. The molecule has 0 aliphatic carbocycles. The van der Waals surface area contributed by atoms with Crippen LogP contribution in [0.15, 0.2) is 16.3 Å². The summed E-state index contributed by atoms with van der Waals surface area (Å²) in [6.45, 7) is 2.43. The summed E-state index contributed by atoms with van der Waals surface area (Å²) >= 11 is 0.947. The molecule has 1 atom stereocenters. The first-order chi connectivity index (χ1) is 8.48. The van der Waals surface area contributed by atoms with Crippen LogP contribution >= 0.6 is 11.3 Å². The topological polar surface area (TPSA) is 74.7 Å². The molecule has 7 heteroatoms. The fourth-order valence-corrected chi connectivity index (χ4v) is 5.32. The Morgan fingerprint density at radius 2 is 2.33 bits per heavy atom. The molecule has 2 heterocycles. The third-order valence-corrected chi connectivity index (χ3v) is 6.23. The van der Waals surface area contributed by atoms with Crippen molar-refractivity contribution in [3.05, 3.63) is 16.3 Å². The van der Waals surface area contributed by atoms with Gasteiger partial charge in [0, 0.05) is 12.6 Å². The van der Waals surface area contributed by atoms with Gasteiger partial charge in [-0.25, -0.2) is 13.2 Å². The molecule has 1 aliphatic heterocycles. The second kappa shape index (κ2) is 4.99. The van der Waals surface area contributed by atoms with E-state index in [-0.39, 0.29) is 15.8 Å². The summed E-state index contributed by atoms with van der Waals surface area (Å²) in [6.07, 6.45) is 2.44. The van der Waals surface area contributed by atoms with Crippen molar-refractivity contribution in [1.29, 1.82) is 0 Å². The van der Waals surface area contributed by atoms with Crippen molar-refractivity contribution in [2.45, 2.75) is 37.1 Å². The molecular formula is C11H15NO4S2. The predicted molar refractivity (Wildman–Crippen MR) is 68.5 cm³/mol. The van der Waals surface area contributed by atoms with Crippen LogP contribution in [0.25, 0.3) is 0 Å². The molecule has 1 saturated heterocycles. The number of aromatic carboxylic acids is 1. The molecule has 1 N–H and O–H groups in total. The molecule has 0 bridgehead atoms. The molecule has 100 valence electrons. The smallest absolute Gasteiger partial charge is 0.347 e. The first-order valence-electron chi connectivity index (χ1n) is 5.81. The molecule has 0 saturated carbocycles. The standard InChI is InChI=1S/C11H15NO4S2/c1-2-8-4-3-6-12(8)18(15,16)9-5-7-17-10(9)11(13)14/h5,7-8H,2-4,6H2,1H3,(H,13,14). The van der Waals surface area contributed by atoms with E-state index in [1.54, 1.807) is 0 Å². The lowest BCUT2D eigenvalue weighted by atomic mass is 10.2. The Morgan fingerprint density at radius 3 is 2.94 bits per heavy atom. The zero-order valence-corrected chi connectivity index (χ0v) is 11.6. The average molecular weight is 289 g/mol. The maximum Gasteiger partial charge on any atom is 0.347 e. The number of hydrogen-bond acceptors (Lipinski definition) is 4. The number of carboxylic acids is 1. The molecule has 2 rings (SSSR count). The van der Waals surface area contributed by atoms with Gasteiger partial charge < -0.3 is 5.11 Å². The van der Waals surface area contributed by atoms with E-state index < -0.39 is 16.0 Å². The summed E-state index contributed by atoms with van der Waals surface area (Å²) in [5.74, 6) is -1.18. The molecule has 0 amide bonds. The Balaban J connectivity index is 2.42. The zero-order chi connectivity index (χ0) is 13.3. The van der Waals surface area contributed by atoms with E-state index >= 15 is 0 Å². The predicted octanol–water partition coefficient (Wildman–Crippen LogP) is 2.01. The van der Waals surface area contributed by atoms with Crippen molar-refractivity contribution in [2.75, 3.05) is 6.54 Å². The molecule has 0 aromatic carbocycles. The van der Waals surface area contributed by atoms with E-state index in [9.17, 15) is 13.2 Å². The van der Waals surface area contributed by atoms with Gasteiger partial charge in [-0.3, -0.25) is 0 Å². The van der Waals surface area contributed by atoms with Gasteiger partial charge in [0.25, 0.3) is 0 Å². The van der Waals surface area contributed by atoms with Gasteiger partial charge in [0.15, 0.2) is 0 Å². The molecule has 5 nitrogen and oxygen atoms in total. The van der Waals surface area contributed by atoms with E-state index in [0.717, 1.165) is 30.6 Å². The first kappa shape index (κ1) is 13.5. The van der Waals surface area contributed by atoms with Gasteiger partial charge in [0.2, 0.25) is 10.0 Å². The quantitative estimate of drug-likeness (QED) is 0.920. The van der Waals surface area contributed by atoms with Gasteiger partial charge in [-0.05, 0) is 30.7 Å². The zero-order valence-electron chi connectivity index (χ0n) is 10.00. The van der Waals surface area contributed by atoms with Crippen LogP contribution in [-0.2, 0) is 10.0 Å². The van der Waals surface area contributed by atoms with Crippen LogP contribution in [0.3, 0.4) is 0 Å². The first-order valence-corrected chi connectivity index (χ1v) is 8.13. The maximum absolute atomic E-state index is 12.5. The van der Waals surface area contributed by atoms with E-state index in [0.29, 0.717) is 6.54 Å². The lowest BCUT2D eigenvalue weighted by Crippen LogP contribution is -2.35. The molecule has 0 spiro atoms. The molecular weight excluding hydrogens is 274 g/mol.